The van der Waals surface area contributed by atoms with Crippen LogP contribution in [-0.2, 0) is 23.0 Å². The van der Waals surface area contributed by atoms with E-state index in [0.717, 1.165) is 15.6 Å². The summed E-state index contributed by atoms with van der Waals surface area (Å²) in [7, 11) is 1.89. The first-order chi connectivity index (χ1) is 13.9. The van der Waals surface area contributed by atoms with Gasteiger partial charge in [-0.2, -0.15) is 0 Å². The van der Waals surface area contributed by atoms with Crippen LogP contribution in [0.4, 0.5) is 5.69 Å². The van der Waals surface area contributed by atoms with E-state index >= 15 is 0 Å². The van der Waals surface area contributed by atoms with Crippen molar-refractivity contribution >= 4 is 40.9 Å². The zero-order chi connectivity index (χ0) is 20.6. The van der Waals surface area contributed by atoms with Crippen molar-refractivity contribution in [2.24, 2.45) is 7.05 Å². The Morgan fingerprint density at radius 1 is 1.31 bits per heavy atom. The van der Waals surface area contributed by atoms with Gasteiger partial charge in [-0.3, -0.25) is 4.79 Å². The number of amides is 1. The lowest BCUT2D eigenvalue weighted by molar-refractivity contribution is -0.134. The topological polar surface area (TPSA) is 73.2 Å². The molecule has 1 unspecified atom stereocenters. The summed E-state index contributed by atoms with van der Waals surface area (Å²) in [4.78, 5) is 30.6. The summed E-state index contributed by atoms with van der Waals surface area (Å²) in [5, 5.41) is 4.14. The quantitative estimate of drug-likeness (QED) is 0.627. The average Bonchev–Trinajstić information content (AvgIpc) is 3.08. The second-order valence-corrected chi connectivity index (χ2v) is 8.42. The van der Waals surface area contributed by atoms with Crippen LogP contribution in [0.1, 0.15) is 22.8 Å². The fourth-order valence-electron chi connectivity index (χ4n) is 3.15. The fraction of sp³-hybridized carbons (Fsp3) is 0.190. The summed E-state index contributed by atoms with van der Waals surface area (Å²) in [5.74, 6) is -0.914. The smallest absolute Gasteiger partial charge is 0.339 e. The molecule has 1 N–H and O–H groups in total. The molecular weight excluding hydrogens is 410 g/mol. The number of carbonyl (C=O) groups is 2. The third kappa shape index (κ3) is 3.88. The Kier molecular flexibility index (Phi) is 5.10. The van der Waals surface area contributed by atoms with Crippen molar-refractivity contribution in [3.05, 3.63) is 71.0 Å². The number of cyclic esters (lactones) is 1. The zero-order valence-corrected chi connectivity index (χ0v) is 17.4. The molecule has 0 saturated heterocycles. The predicted molar refractivity (Wildman–Crippen MR) is 111 cm³/mol. The highest BCUT2D eigenvalue weighted by Gasteiger charge is 2.42. The molecule has 8 heteroatoms. The van der Waals surface area contributed by atoms with E-state index in [1.807, 2.05) is 36.0 Å². The number of halogens is 1. The molecule has 0 saturated carbocycles. The first-order valence-corrected chi connectivity index (χ1v) is 10.1. The number of carbonyl (C=O) groups excluding carboxylic acids is 2. The van der Waals surface area contributed by atoms with Crippen LogP contribution in [0.5, 0.6) is 0 Å². The van der Waals surface area contributed by atoms with Crippen molar-refractivity contribution in [1.29, 1.82) is 0 Å². The summed E-state index contributed by atoms with van der Waals surface area (Å²) < 4.78 is 7.40. The Labute approximate surface area is 177 Å². The molecule has 1 aliphatic rings. The second kappa shape index (κ2) is 7.57. The first kappa shape index (κ1) is 19.5. The van der Waals surface area contributed by atoms with E-state index in [1.165, 1.54) is 11.8 Å². The van der Waals surface area contributed by atoms with Crippen molar-refractivity contribution in [3.63, 3.8) is 0 Å². The van der Waals surface area contributed by atoms with Gasteiger partial charge in [-0.25, -0.2) is 9.78 Å². The lowest BCUT2D eigenvalue weighted by Gasteiger charge is -2.33. The van der Waals surface area contributed by atoms with E-state index < -0.39 is 17.5 Å². The Balaban J connectivity index is 1.61. The number of fused-ring (bicyclic) bond motifs is 1. The van der Waals surface area contributed by atoms with Crippen molar-refractivity contribution < 1.29 is 14.3 Å². The molecule has 0 radical (unpaired) electrons. The summed E-state index contributed by atoms with van der Waals surface area (Å²) >= 11 is 7.56. The van der Waals surface area contributed by atoms with Gasteiger partial charge in [0.05, 0.1) is 11.3 Å². The Morgan fingerprint density at radius 2 is 2.10 bits per heavy atom. The molecule has 1 atom stereocenters. The van der Waals surface area contributed by atoms with Crippen LogP contribution in [0.15, 0.2) is 64.9 Å². The van der Waals surface area contributed by atoms with Gasteiger partial charge < -0.3 is 14.6 Å². The molecule has 2 aromatic carbocycles. The standard InChI is InChI=1S/C21H18ClN3O3S/c1-21(12-13-5-3-4-6-15(13)18(26)28-21)19(27)24-16-11-14(22)7-8-17(16)29-20-23-9-10-25(20)2/h3-11H,12H2,1-2H3,(H,24,27). The van der Waals surface area contributed by atoms with Gasteiger partial charge in [0.15, 0.2) is 10.8 Å². The van der Waals surface area contributed by atoms with E-state index in [4.69, 9.17) is 16.3 Å². The Morgan fingerprint density at radius 3 is 2.86 bits per heavy atom. The normalized spacial score (nSPS) is 18.1. The predicted octanol–water partition coefficient (Wildman–Crippen LogP) is 4.34. The largest absolute Gasteiger partial charge is 0.445 e. The maximum atomic E-state index is 13.1. The number of hydrogen-bond donors (Lipinski definition) is 1. The lowest BCUT2D eigenvalue weighted by atomic mass is 9.89. The maximum Gasteiger partial charge on any atom is 0.339 e. The molecule has 1 amide bonds. The Hall–Kier alpha value is -2.77. The number of rotatable bonds is 4. The third-order valence-electron chi connectivity index (χ3n) is 4.73. The summed E-state index contributed by atoms with van der Waals surface area (Å²) in [6.45, 7) is 1.62. The minimum atomic E-state index is -1.32. The molecule has 2 heterocycles. The number of aryl methyl sites for hydroxylation is 1. The molecule has 148 valence electrons. The SMILES string of the molecule is Cn1ccnc1Sc1ccc(Cl)cc1NC(=O)C1(C)Cc2ccccc2C(=O)O1. The summed E-state index contributed by atoms with van der Waals surface area (Å²) in [5.41, 5.74) is 0.493. The molecule has 1 aromatic heterocycles. The van der Waals surface area contributed by atoms with E-state index in [-0.39, 0.29) is 0 Å². The molecule has 29 heavy (non-hydrogen) atoms. The number of anilines is 1. The van der Waals surface area contributed by atoms with Gasteiger partial charge in [-0.15, -0.1) is 0 Å². The van der Waals surface area contributed by atoms with Crippen LogP contribution < -0.4 is 5.32 Å². The molecule has 1 aliphatic heterocycles. The van der Waals surface area contributed by atoms with Crippen molar-refractivity contribution in [1.82, 2.24) is 9.55 Å². The maximum absolute atomic E-state index is 13.1. The van der Waals surface area contributed by atoms with E-state index in [2.05, 4.69) is 10.3 Å². The van der Waals surface area contributed by atoms with Crippen molar-refractivity contribution in [3.8, 4) is 0 Å². The van der Waals surface area contributed by atoms with Crippen LogP contribution in [-0.4, -0.2) is 27.0 Å². The summed E-state index contributed by atoms with van der Waals surface area (Å²) in [6.07, 6.45) is 3.84. The van der Waals surface area contributed by atoms with Crippen LogP contribution in [0.2, 0.25) is 5.02 Å². The van der Waals surface area contributed by atoms with Crippen LogP contribution in [0, 0.1) is 0 Å². The molecule has 4 rings (SSSR count). The monoisotopic (exact) mass is 427 g/mol. The zero-order valence-electron chi connectivity index (χ0n) is 15.8. The second-order valence-electron chi connectivity index (χ2n) is 6.97. The van der Waals surface area contributed by atoms with Crippen LogP contribution >= 0.6 is 23.4 Å². The highest BCUT2D eigenvalue weighted by Crippen LogP contribution is 2.36. The number of hydrogen-bond acceptors (Lipinski definition) is 5. The van der Waals surface area contributed by atoms with E-state index in [9.17, 15) is 9.59 Å². The fourth-order valence-corrected chi connectivity index (χ4v) is 4.19. The minimum absolute atomic E-state index is 0.295. The molecule has 0 spiro atoms. The number of nitrogens with one attached hydrogen (secondary N) is 1. The Bertz CT molecular complexity index is 1110. The molecular formula is C21H18ClN3O3S. The van der Waals surface area contributed by atoms with Crippen molar-refractivity contribution in [2.45, 2.75) is 29.0 Å². The van der Waals surface area contributed by atoms with Crippen molar-refractivity contribution in [2.75, 3.05) is 5.32 Å². The molecule has 6 nitrogen and oxygen atoms in total. The highest BCUT2D eigenvalue weighted by atomic mass is 35.5. The van der Waals surface area contributed by atoms with E-state index in [1.54, 1.807) is 37.4 Å². The number of ether oxygens (including phenoxy) is 1. The lowest BCUT2D eigenvalue weighted by Crippen LogP contribution is -2.49. The van der Waals surface area contributed by atoms with E-state index in [0.29, 0.717) is 22.7 Å². The van der Waals surface area contributed by atoms with Gasteiger partial charge in [0.1, 0.15) is 0 Å². The van der Waals surface area contributed by atoms with Gasteiger partial charge in [0, 0.05) is 35.8 Å². The van der Waals surface area contributed by atoms with Crippen LogP contribution in [0.3, 0.4) is 0 Å². The molecule has 0 bridgehead atoms. The van der Waals surface area contributed by atoms with Gasteiger partial charge in [-0.05, 0) is 48.5 Å². The first-order valence-electron chi connectivity index (χ1n) is 8.93. The third-order valence-corrected chi connectivity index (χ3v) is 6.12. The number of imidazole rings is 1. The van der Waals surface area contributed by atoms with Gasteiger partial charge >= 0.3 is 5.97 Å². The molecule has 3 aromatic rings. The van der Waals surface area contributed by atoms with Crippen LogP contribution in [0.25, 0.3) is 0 Å². The molecule has 0 aliphatic carbocycles. The minimum Gasteiger partial charge on any atom is -0.445 e. The number of esters is 1. The number of nitrogens with zero attached hydrogens (tertiary/aromatic N) is 2. The van der Waals surface area contributed by atoms with Gasteiger partial charge in [0.25, 0.3) is 5.91 Å². The molecule has 0 fully saturated rings. The number of benzene rings is 2. The summed E-state index contributed by atoms with van der Waals surface area (Å²) in [6, 6.07) is 12.4. The average molecular weight is 428 g/mol. The van der Waals surface area contributed by atoms with Gasteiger partial charge in [-0.1, -0.05) is 29.8 Å². The highest BCUT2D eigenvalue weighted by molar-refractivity contribution is 7.99. The van der Waals surface area contributed by atoms with Gasteiger partial charge in [0.2, 0.25) is 0 Å². The number of aromatic nitrogens is 2.